The molecule has 1 saturated heterocycles. The van der Waals surface area contributed by atoms with Gasteiger partial charge in [-0.05, 0) is 25.3 Å². The Labute approximate surface area is 107 Å². The van der Waals surface area contributed by atoms with E-state index in [0.717, 1.165) is 6.54 Å². The topological polar surface area (TPSA) is 41.5 Å². The van der Waals surface area contributed by atoms with E-state index in [1.54, 1.807) is 11.3 Å². The maximum atomic E-state index is 10.5. The summed E-state index contributed by atoms with van der Waals surface area (Å²) in [5.74, 6) is 0. The second-order valence-corrected chi connectivity index (χ2v) is 6.47. The van der Waals surface area contributed by atoms with Crippen molar-refractivity contribution in [1.82, 2.24) is 5.32 Å². The van der Waals surface area contributed by atoms with Gasteiger partial charge in [-0.15, -0.1) is 11.3 Å². The fraction of sp³-hybridized carbons (Fsp3) is 0.692. The number of rotatable bonds is 4. The van der Waals surface area contributed by atoms with Crippen LogP contribution < -0.4 is 5.32 Å². The number of hydrogen-bond acceptors (Lipinski definition) is 4. The highest BCUT2D eigenvalue weighted by Gasteiger charge is 2.38. The maximum absolute atomic E-state index is 10.5. The lowest BCUT2D eigenvalue weighted by atomic mass is 9.84. The first kappa shape index (κ1) is 13.0. The van der Waals surface area contributed by atoms with Crippen molar-refractivity contribution in [3.63, 3.8) is 0 Å². The first-order valence-electron chi connectivity index (χ1n) is 6.09. The average Bonchev–Trinajstić information content (AvgIpc) is 2.68. The molecule has 0 unspecified atom stereocenters. The monoisotopic (exact) mass is 255 g/mol. The minimum atomic E-state index is -0.626. The molecule has 96 valence electrons. The third-order valence-electron chi connectivity index (χ3n) is 3.15. The summed E-state index contributed by atoms with van der Waals surface area (Å²) in [5.41, 5.74) is -0.837. The van der Waals surface area contributed by atoms with Gasteiger partial charge in [-0.25, -0.2) is 0 Å². The number of hydrogen-bond donors (Lipinski definition) is 2. The molecule has 0 radical (unpaired) electrons. The minimum Gasteiger partial charge on any atom is -0.388 e. The summed E-state index contributed by atoms with van der Waals surface area (Å²) in [7, 11) is 0. The number of nitrogens with one attached hydrogen (secondary N) is 1. The van der Waals surface area contributed by atoms with Gasteiger partial charge in [-0.2, -0.15) is 0 Å². The van der Waals surface area contributed by atoms with Crippen molar-refractivity contribution in [1.29, 1.82) is 0 Å². The van der Waals surface area contributed by atoms with Gasteiger partial charge in [0, 0.05) is 30.8 Å². The van der Waals surface area contributed by atoms with Crippen LogP contribution in [0.15, 0.2) is 17.5 Å². The zero-order valence-electron chi connectivity index (χ0n) is 10.5. The van der Waals surface area contributed by atoms with Crippen LogP contribution >= 0.6 is 11.3 Å². The van der Waals surface area contributed by atoms with Gasteiger partial charge in [0.15, 0.2) is 0 Å². The van der Waals surface area contributed by atoms with E-state index >= 15 is 0 Å². The van der Waals surface area contributed by atoms with Crippen molar-refractivity contribution < 1.29 is 9.84 Å². The molecule has 17 heavy (non-hydrogen) atoms. The van der Waals surface area contributed by atoms with Gasteiger partial charge in [0.05, 0.1) is 17.8 Å². The molecule has 2 heterocycles. The van der Waals surface area contributed by atoms with Crippen LogP contribution in [0.1, 0.15) is 31.6 Å². The van der Waals surface area contributed by atoms with Crippen LogP contribution in [0, 0.1) is 0 Å². The van der Waals surface area contributed by atoms with Crippen LogP contribution in [0.2, 0.25) is 0 Å². The molecular formula is C13H21NO2S. The quantitative estimate of drug-likeness (QED) is 0.866. The highest BCUT2D eigenvalue weighted by molar-refractivity contribution is 7.09. The largest absolute Gasteiger partial charge is 0.388 e. The van der Waals surface area contributed by atoms with Gasteiger partial charge in [0.25, 0.3) is 0 Å². The summed E-state index contributed by atoms with van der Waals surface area (Å²) in [6.07, 6.45) is 1.41. The van der Waals surface area contributed by atoms with Gasteiger partial charge in [-0.3, -0.25) is 0 Å². The third-order valence-corrected chi connectivity index (χ3v) is 4.02. The van der Waals surface area contributed by atoms with E-state index in [1.807, 2.05) is 19.9 Å². The SMILES string of the molecule is CC1(C)C[C@@](O)(CNCc2cccs2)CCO1. The Morgan fingerprint density at radius 2 is 2.35 bits per heavy atom. The fourth-order valence-corrected chi connectivity index (χ4v) is 3.11. The lowest BCUT2D eigenvalue weighted by Crippen LogP contribution is -2.51. The first-order chi connectivity index (χ1) is 7.99. The Bertz CT molecular complexity index is 350. The smallest absolute Gasteiger partial charge is 0.0820 e. The molecule has 0 spiro atoms. The number of ether oxygens (including phenoxy) is 1. The highest BCUT2D eigenvalue weighted by Crippen LogP contribution is 2.31. The molecule has 1 aromatic heterocycles. The molecule has 1 fully saturated rings. The predicted molar refractivity (Wildman–Crippen MR) is 70.2 cm³/mol. The summed E-state index contributed by atoms with van der Waals surface area (Å²) < 4.78 is 5.63. The molecule has 0 aromatic carbocycles. The summed E-state index contributed by atoms with van der Waals surface area (Å²) >= 11 is 1.74. The highest BCUT2D eigenvalue weighted by atomic mass is 32.1. The van der Waals surface area contributed by atoms with Crippen LogP contribution in [-0.4, -0.2) is 29.5 Å². The van der Waals surface area contributed by atoms with E-state index in [4.69, 9.17) is 4.74 Å². The van der Waals surface area contributed by atoms with Crippen molar-refractivity contribution in [2.75, 3.05) is 13.2 Å². The van der Waals surface area contributed by atoms with Crippen molar-refractivity contribution in [2.24, 2.45) is 0 Å². The molecule has 1 aliphatic heterocycles. The van der Waals surface area contributed by atoms with Crippen molar-refractivity contribution in [3.05, 3.63) is 22.4 Å². The van der Waals surface area contributed by atoms with Crippen molar-refractivity contribution in [3.8, 4) is 0 Å². The Kier molecular flexibility index (Phi) is 3.88. The van der Waals surface area contributed by atoms with Crippen molar-refractivity contribution >= 4 is 11.3 Å². The zero-order chi connectivity index (χ0) is 12.4. The molecule has 3 nitrogen and oxygen atoms in total. The second-order valence-electron chi connectivity index (χ2n) is 5.44. The Morgan fingerprint density at radius 1 is 1.53 bits per heavy atom. The maximum Gasteiger partial charge on any atom is 0.0820 e. The summed E-state index contributed by atoms with van der Waals surface area (Å²) in [4.78, 5) is 1.31. The van der Waals surface area contributed by atoms with Crippen molar-refractivity contribution in [2.45, 2.75) is 44.4 Å². The summed E-state index contributed by atoms with van der Waals surface area (Å²) in [5, 5.41) is 15.9. The number of aliphatic hydroxyl groups is 1. The Balaban J connectivity index is 1.81. The van der Waals surface area contributed by atoms with E-state index < -0.39 is 5.60 Å². The third kappa shape index (κ3) is 3.78. The van der Waals surface area contributed by atoms with Gasteiger partial charge in [0.1, 0.15) is 0 Å². The van der Waals surface area contributed by atoms with Crippen LogP contribution in [0.5, 0.6) is 0 Å². The van der Waals surface area contributed by atoms with E-state index in [0.29, 0.717) is 26.0 Å². The molecule has 0 amide bonds. The molecule has 2 N–H and O–H groups in total. The average molecular weight is 255 g/mol. The standard InChI is InChI=1S/C13H21NO2S/c1-12(2)9-13(15,5-6-16-12)10-14-8-11-4-3-7-17-11/h3-4,7,14-15H,5-6,8-10H2,1-2H3/t13-/m1/s1. The molecule has 4 heteroatoms. The normalized spacial score (nSPS) is 28.2. The Hall–Kier alpha value is -0.420. The number of thiophene rings is 1. The molecule has 0 bridgehead atoms. The Morgan fingerprint density at radius 3 is 3.00 bits per heavy atom. The molecule has 2 rings (SSSR count). The summed E-state index contributed by atoms with van der Waals surface area (Å²) in [6, 6.07) is 4.16. The van der Waals surface area contributed by atoms with E-state index in [-0.39, 0.29) is 5.60 Å². The molecule has 1 aromatic rings. The van der Waals surface area contributed by atoms with Crippen LogP contribution in [0.3, 0.4) is 0 Å². The lowest BCUT2D eigenvalue weighted by Gasteiger charge is -2.41. The van der Waals surface area contributed by atoms with Gasteiger partial charge >= 0.3 is 0 Å². The molecule has 0 aliphatic carbocycles. The summed E-state index contributed by atoms with van der Waals surface area (Å²) in [6.45, 7) is 6.19. The zero-order valence-corrected chi connectivity index (χ0v) is 11.3. The van der Waals surface area contributed by atoms with Crippen LogP contribution in [-0.2, 0) is 11.3 Å². The van der Waals surface area contributed by atoms with Gasteiger partial charge < -0.3 is 15.2 Å². The van der Waals surface area contributed by atoms with Crippen LogP contribution in [0.25, 0.3) is 0 Å². The second kappa shape index (κ2) is 5.06. The van der Waals surface area contributed by atoms with Gasteiger partial charge in [0.2, 0.25) is 0 Å². The van der Waals surface area contributed by atoms with Gasteiger partial charge in [-0.1, -0.05) is 6.07 Å². The molecule has 0 saturated carbocycles. The van der Waals surface area contributed by atoms with E-state index in [2.05, 4.69) is 16.8 Å². The van der Waals surface area contributed by atoms with Crippen LogP contribution in [0.4, 0.5) is 0 Å². The molecule has 1 aliphatic rings. The fourth-order valence-electron chi connectivity index (χ4n) is 2.43. The lowest BCUT2D eigenvalue weighted by molar-refractivity contribution is -0.142. The molecule has 1 atom stereocenters. The van der Waals surface area contributed by atoms with E-state index in [9.17, 15) is 5.11 Å². The predicted octanol–water partition coefficient (Wildman–Crippen LogP) is 2.16. The first-order valence-corrected chi connectivity index (χ1v) is 6.97. The molecular weight excluding hydrogens is 234 g/mol. The van der Waals surface area contributed by atoms with E-state index in [1.165, 1.54) is 4.88 Å². The minimum absolute atomic E-state index is 0.211.